The molecule has 9 heteroatoms. The van der Waals surface area contributed by atoms with Crippen molar-refractivity contribution in [2.75, 3.05) is 27.2 Å². The van der Waals surface area contributed by atoms with Crippen LogP contribution in [0.25, 0.3) is 5.76 Å². The SMILES string of the molecule is CN(C)CCN1C(=O)C(=O)/C(=C(\O)c2ccc([N+](=O)[O-])cc2)C1c1cccnc1. The predicted molar refractivity (Wildman–Crippen MR) is 105 cm³/mol. The number of likely N-dealkylation sites (N-methyl/N-ethyl adjacent to an activating group) is 1. The zero-order valence-electron chi connectivity index (χ0n) is 16.0. The fourth-order valence-electron chi connectivity index (χ4n) is 3.20. The van der Waals surface area contributed by atoms with Crippen molar-refractivity contribution < 1.29 is 19.6 Å². The molecule has 2 aromatic rings. The lowest BCUT2D eigenvalue weighted by Gasteiger charge is -2.26. The van der Waals surface area contributed by atoms with Gasteiger partial charge in [0.2, 0.25) is 0 Å². The Morgan fingerprint density at radius 1 is 1.24 bits per heavy atom. The summed E-state index contributed by atoms with van der Waals surface area (Å²) in [5.41, 5.74) is 0.608. The number of likely N-dealkylation sites (tertiary alicyclic amines) is 1. The van der Waals surface area contributed by atoms with E-state index in [-0.39, 0.29) is 29.1 Å². The number of non-ortho nitro benzene ring substituents is 1. The molecular formula is C20H20N4O5. The maximum atomic E-state index is 12.8. The molecule has 1 aliphatic rings. The van der Waals surface area contributed by atoms with Gasteiger partial charge in [-0.05, 0) is 37.9 Å². The number of benzene rings is 1. The van der Waals surface area contributed by atoms with Crippen molar-refractivity contribution in [2.45, 2.75) is 6.04 Å². The molecule has 0 bridgehead atoms. The zero-order chi connectivity index (χ0) is 21.1. The maximum Gasteiger partial charge on any atom is 0.295 e. The summed E-state index contributed by atoms with van der Waals surface area (Å²) in [4.78, 5) is 43.1. The number of nitrogens with zero attached hydrogens (tertiary/aromatic N) is 4. The molecule has 1 aromatic heterocycles. The minimum atomic E-state index is -0.798. The monoisotopic (exact) mass is 396 g/mol. The maximum absolute atomic E-state index is 12.8. The van der Waals surface area contributed by atoms with Gasteiger partial charge in [0.15, 0.2) is 0 Å². The standard InChI is InChI=1S/C20H20N4O5/c1-22(2)10-11-23-17(14-4-3-9-21-12-14)16(19(26)20(23)27)18(25)13-5-7-15(8-6-13)24(28)29/h3-9,12,17,25H,10-11H2,1-2H3/b18-16-. The lowest BCUT2D eigenvalue weighted by Crippen LogP contribution is -2.35. The zero-order valence-corrected chi connectivity index (χ0v) is 16.0. The Hall–Kier alpha value is -3.59. The third kappa shape index (κ3) is 3.99. The van der Waals surface area contributed by atoms with Crippen LogP contribution in [-0.4, -0.2) is 63.7 Å². The predicted octanol–water partition coefficient (Wildman–Crippen LogP) is 1.97. The number of hydrogen-bond acceptors (Lipinski definition) is 7. The highest BCUT2D eigenvalue weighted by Gasteiger charge is 2.46. The Balaban J connectivity index is 2.10. The second kappa shape index (κ2) is 8.19. The highest BCUT2D eigenvalue weighted by atomic mass is 16.6. The van der Waals surface area contributed by atoms with E-state index in [2.05, 4.69) is 4.98 Å². The first-order valence-electron chi connectivity index (χ1n) is 8.89. The van der Waals surface area contributed by atoms with E-state index < -0.39 is 22.7 Å². The Morgan fingerprint density at radius 2 is 1.93 bits per heavy atom. The van der Waals surface area contributed by atoms with E-state index in [1.165, 1.54) is 29.2 Å². The van der Waals surface area contributed by atoms with E-state index in [1.807, 2.05) is 19.0 Å². The van der Waals surface area contributed by atoms with Crippen LogP contribution >= 0.6 is 0 Å². The summed E-state index contributed by atoms with van der Waals surface area (Å²) in [6.07, 6.45) is 3.12. The summed E-state index contributed by atoms with van der Waals surface area (Å²) in [5, 5.41) is 21.7. The number of ketones is 1. The number of aromatic nitrogens is 1. The molecule has 0 spiro atoms. The second-order valence-corrected chi connectivity index (χ2v) is 6.89. The number of pyridine rings is 1. The van der Waals surface area contributed by atoms with Crippen LogP contribution in [0, 0.1) is 10.1 Å². The number of aliphatic hydroxyl groups is 1. The second-order valence-electron chi connectivity index (χ2n) is 6.89. The third-order valence-corrected chi connectivity index (χ3v) is 4.68. The number of nitro groups is 1. The van der Waals surface area contributed by atoms with E-state index in [0.717, 1.165) is 0 Å². The molecule has 0 saturated carbocycles. The fraction of sp³-hybridized carbons (Fsp3) is 0.250. The van der Waals surface area contributed by atoms with Gasteiger partial charge in [-0.1, -0.05) is 6.07 Å². The van der Waals surface area contributed by atoms with Gasteiger partial charge in [0.25, 0.3) is 17.4 Å². The van der Waals surface area contributed by atoms with Gasteiger partial charge in [-0.15, -0.1) is 0 Å². The summed E-state index contributed by atoms with van der Waals surface area (Å²) >= 11 is 0. The van der Waals surface area contributed by atoms with Crippen molar-refractivity contribution in [1.82, 2.24) is 14.8 Å². The highest BCUT2D eigenvalue weighted by Crippen LogP contribution is 2.39. The number of rotatable bonds is 6. The molecule has 0 aliphatic carbocycles. The molecule has 29 heavy (non-hydrogen) atoms. The number of aliphatic hydroxyl groups excluding tert-OH is 1. The molecule has 1 amide bonds. The van der Waals surface area contributed by atoms with Crippen LogP contribution in [0.2, 0.25) is 0 Å². The molecule has 1 aliphatic heterocycles. The molecule has 1 aromatic carbocycles. The van der Waals surface area contributed by atoms with Crippen molar-refractivity contribution in [1.29, 1.82) is 0 Å². The number of Topliss-reactive ketones (excluding diaryl/α,β-unsaturated/α-hetero) is 1. The minimum absolute atomic E-state index is 0.0596. The van der Waals surface area contributed by atoms with Gasteiger partial charge in [0.05, 0.1) is 16.5 Å². The Morgan fingerprint density at radius 3 is 2.48 bits per heavy atom. The first kappa shape index (κ1) is 20.2. The fourth-order valence-corrected chi connectivity index (χ4v) is 3.20. The molecule has 3 rings (SSSR count). The van der Waals surface area contributed by atoms with Crippen molar-refractivity contribution in [3.05, 3.63) is 75.6 Å². The van der Waals surface area contributed by atoms with Gasteiger partial charge in [-0.25, -0.2) is 0 Å². The van der Waals surface area contributed by atoms with E-state index in [0.29, 0.717) is 12.1 Å². The smallest absolute Gasteiger partial charge is 0.295 e. The van der Waals surface area contributed by atoms with Crippen molar-refractivity contribution in [3.63, 3.8) is 0 Å². The highest BCUT2D eigenvalue weighted by molar-refractivity contribution is 6.46. The molecule has 0 radical (unpaired) electrons. The summed E-state index contributed by atoms with van der Waals surface area (Å²) < 4.78 is 0. The van der Waals surface area contributed by atoms with Gasteiger partial charge < -0.3 is 14.9 Å². The van der Waals surface area contributed by atoms with Crippen molar-refractivity contribution in [2.24, 2.45) is 0 Å². The van der Waals surface area contributed by atoms with Crippen molar-refractivity contribution in [3.8, 4) is 0 Å². The van der Waals surface area contributed by atoms with E-state index in [1.54, 1.807) is 24.5 Å². The molecule has 1 saturated heterocycles. The lowest BCUT2D eigenvalue weighted by atomic mass is 9.96. The molecule has 1 unspecified atom stereocenters. The van der Waals surface area contributed by atoms with E-state index in [4.69, 9.17) is 0 Å². The Labute approximate surface area is 167 Å². The summed E-state index contributed by atoms with van der Waals surface area (Å²) in [7, 11) is 3.71. The molecule has 9 nitrogen and oxygen atoms in total. The number of amides is 1. The van der Waals surface area contributed by atoms with E-state index >= 15 is 0 Å². The topological polar surface area (TPSA) is 117 Å². The quantitative estimate of drug-likeness (QED) is 0.261. The van der Waals surface area contributed by atoms with Crippen molar-refractivity contribution >= 4 is 23.1 Å². The normalized spacial score (nSPS) is 18.4. The molecule has 2 heterocycles. The van der Waals surface area contributed by atoms with Gasteiger partial charge >= 0.3 is 0 Å². The van der Waals surface area contributed by atoms with Crippen LogP contribution < -0.4 is 0 Å². The van der Waals surface area contributed by atoms with Gasteiger partial charge in [0.1, 0.15) is 5.76 Å². The molecule has 1 N–H and O–H groups in total. The molecule has 150 valence electrons. The van der Waals surface area contributed by atoms with Crippen LogP contribution in [0.1, 0.15) is 17.2 Å². The van der Waals surface area contributed by atoms with Crippen LogP contribution in [0.4, 0.5) is 5.69 Å². The summed E-state index contributed by atoms with van der Waals surface area (Å²) in [6.45, 7) is 0.815. The van der Waals surface area contributed by atoms with Crippen LogP contribution in [0.15, 0.2) is 54.4 Å². The Kier molecular flexibility index (Phi) is 5.69. The van der Waals surface area contributed by atoms with Gasteiger partial charge in [-0.3, -0.25) is 24.7 Å². The minimum Gasteiger partial charge on any atom is -0.507 e. The average molecular weight is 396 g/mol. The molecule has 1 atom stereocenters. The summed E-state index contributed by atoms with van der Waals surface area (Å²) in [5.74, 6) is -1.88. The van der Waals surface area contributed by atoms with Gasteiger partial charge in [-0.2, -0.15) is 0 Å². The molecule has 1 fully saturated rings. The van der Waals surface area contributed by atoms with Gasteiger partial charge in [0, 0.05) is 43.2 Å². The number of hydrogen-bond donors (Lipinski definition) is 1. The Bertz CT molecular complexity index is 970. The largest absolute Gasteiger partial charge is 0.507 e. The molecular weight excluding hydrogens is 376 g/mol. The lowest BCUT2D eigenvalue weighted by molar-refractivity contribution is -0.384. The summed E-state index contributed by atoms with van der Waals surface area (Å²) in [6, 6.07) is 7.79. The first-order chi connectivity index (χ1) is 13.8. The van der Waals surface area contributed by atoms with E-state index in [9.17, 15) is 24.8 Å². The van der Waals surface area contributed by atoms with Crippen LogP contribution in [0.5, 0.6) is 0 Å². The number of carbonyl (C=O) groups excluding carboxylic acids is 2. The number of nitro benzene ring substituents is 1. The van der Waals surface area contributed by atoms with Crippen LogP contribution in [-0.2, 0) is 9.59 Å². The number of carbonyl (C=O) groups is 2. The third-order valence-electron chi connectivity index (χ3n) is 4.68. The van der Waals surface area contributed by atoms with Crippen LogP contribution in [0.3, 0.4) is 0 Å². The average Bonchev–Trinajstić information content (AvgIpc) is 2.97. The first-order valence-corrected chi connectivity index (χ1v) is 8.89.